The van der Waals surface area contributed by atoms with Crippen molar-refractivity contribution in [2.45, 2.75) is 13.8 Å². The molecular formula is C14H18BrN3O. The Hall–Kier alpha value is -1.62. The Kier molecular flexibility index (Phi) is 5.76. The summed E-state index contributed by atoms with van der Waals surface area (Å²) >= 11 is 3.47. The molecule has 0 N–H and O–H groups in total. The second-order valence-electron chi connectivity index (χ2n) is 4.03. The molecule has 0 spiro atoms. The summed E-state index contributed by atoms with van der Waals surface area (Å²) in [7, 11) is 3.59. The molecule has 0 bridgehead atoms. The van der Waals surface area contributed by atoms with Crippen LogP contribution in [0.2, 0.25) is 0 Å². The Morgan fingerprint density at radius 2 is 2.11 bits per heavy atom. The standard InChI is InChI=1S/C14H18BrN3O/c1-10(2)16-9-17-11(3)18(4)12-6-7-14(19-5)13(15)8-12/h6-9H,1H2,2-5H3. The van der Waals surface area contributed by atoms with Crippen LogP contribution < -0.4 is 9.64 Å². The molecular weight excluding hydrogens is 306 g/mol. The summed E-state index contributed by atoms with van der Waals surface area (Å²) in [5.74, 6) is 1.64. The summed E-state index contributed by atoms with van der Waals surface area (Å²) in [6.45, 7) is 7.43. The number of amidine groups is 1. The largest absolute Gasteiger partial charge is 0.496 e. The molecule has 0 radical (unpaired) electrons. The molecule has 0 saturated heterocycles. The maximum atomic E-state index is 5.20. The topological polar surface area (TPSA) is 37.2 Å². The van der Waals surface area contributed by atoms with E-state index in [9.17, 15) is 0 Å². The van der Waals surface area contributed by atoms with Crippen molar-refractivity contribution in [3.63, 3.8) is 0 Å². The molecule has 1 aromatic carbocycles. The van der Waals surface area contributed by atoms with E-state index in [0.717, 1.165) is 27.4 Å². The quantitative estimate of drug-likeness (QED) is 0.623. The molecule has 0 fully saturated rings. The lowest BCUT2D eigenvalue weighted by Crippen LogP contribution is -2.23. The Bertz CT molecular complexity index is 523. The minimum Gasteiger partial charge on any atom is -0.496 e. The fraction of sp³-hybridized carbons (Fsp3) is 0.286. The van der Waals surface area contributed by atoms with Crippen LogP contribution in [0.3, 0.4) is 0 Å². The number of nitrogens with zero attached hydrogens (tertiary/aromatic N) is 3. The van der Waals surface area contributed by atoms with Crippen molar-refractivity contribution in [1.82, 2.24) is 0 Å². The molecule has 5 heteroatoms. The number of hydrogen-bond donors (Lipinski definition) is 0. The van der Waals surface area contributed by atoms with E-state index in [2.05, 4.69) is 32.5 Å². The molecule has 1 aromatic rings. The van der Waals surface area contributed by atoms with Crippen LogP contribution in [0.1, 0.15) is 13.8 Å². The van der Waals surface area contributed by atoms with Crippen LogP contribution in [0.25, 0.3) is 0 Å². The predicted molar refractivity (Wildman–Crippen MR) is 85.5 cm³/mol. The lowest BCUT2D eigenvalue weighted by Gasteiger charge is -2.19. The van der Waals surface area contributed by atoms with Crippen molar-refractivity contribution in [3.8, 4) is 5.75 Å². The number of rotatable bonds is 4. The molecule has 0 aromatic heterocycles. The van der Waals surface area contributed by atoms with E-state index in [4.69, 9.17) is 4.74 Å². The third kappa shape index (κ3) is 4.52. The van der Waals surface area contributed by atoms with Gasteiger partial charge in [-0.05, 0) is 48.0 Å². The number of hydrogen-bond acceptors (Lipinski definition) is 2. The maximum Gasteiger partial charge on any atom is 0.133 e. The zero-order valence-electron chi connectivity index (χ0n) is 11.6. The van der Waals surface area contributed by atoms with Gasteiger partial charge in [0.1, 0.15) is 17.9 Å². The first-order valence-electron chi connectivity index (χ1n) is 5.75. The smallest absolute Gasteiger partial charge is 0.133 e. The highest BCUT2D eigenvalue weighted by molar-refractivity contribution is 9.10. The fourth-order valence-electron chi connectivity index (χ4n) is 1.35. The van der Waals surface area contributed by atoms with Crippen molar-refractivity contribution in [2.24, 2.45) is 9.98 Å². The van der Waals surface area contributed by atoms with E-state index in [1.165, 1.54) is 6.34 Å². The van der Waals surface area contributed by atoms with Crippen LogP contribution in [0.4, 0.5) is 5.69 Å². The summed E-state index contributed by atoms with van der Waals surface area (Å²) in [6.07, 6.45) is 1.51. The van der Waals surface area contributed by atoms with Gasteiger partial charge in [0.2, 0.25) is 0 Å². The van der Waals surface area contributed by atoms with Gasteiger partial charge in [-0.2, -0.15) is 0 Å². The van der Waals surface area contributed by atoms with Gasteiger partial charge in [0, 0.05) is 18.4 Å². The fourth-order valence-corrected chi connectivity index (χ4v) is 1.88. The molecule has 0 atom stereocenters. The molecule has 4 nitrogen and oxygen atoms in total. The number of aliphatic imine (C=N–C) groups is 2. The highest BCUT2D eigenvalue weighted by atomic mass is 79.9. The Morgan fingerprint density at radius 3 is 2.63 bits per heavy atom. The number of ether oxygens (including phenoxy) is 1. The van der Waals surface area contributed by atoms with E-state index in [1.54, 1.807) is 7.11 Å². The molecule has 0 unspecified atom stereocenters. The predicted octanol–water partition coefficient (Wildman–Crippen LogP) is 3.87. The van der Waals surface area contributed by atoms with E-state index in [1.807, 2.05) is 44.0 Å². The first kappa shape index (κ1) is 15.4. The van der Waals surface area contributed by atoms with Crippen LogP contribution in [-0.2, 0) is 0 Å². The van der Waals surface area contributed by atoms with Crippen molar-refractivity contribution in [2.75, 3.05) is 19.1 Å². The average Bonchev–Trinajstić information content (AvgIpc) is 2.37. The van der Waals surface area contributed by atoms with Crippen molar-refractivity contribution >= 4 is 33.8 Å². The number of anilines is 1. The SMILES string of the molecule is C=C(C)N=CN=C(C)N(C)c1ccc(OC)c(Br)c1. The van der Waals surface area contributed by atoms with Gasteiger partial charge in [-0.1, -0.05) is 6.58 Å². The van der Waals surface area contributed by atoms with E-state index in [0.29, 0.717) is 0 Å². The summed E-state index contributed by atoms with van der Waals surface area (Å²) in [5, 5.41) is 0. The normalized spacial score (nSPS) is 11.7. The first-order chi connectivity index (χ1) is 8.95. The lowest BCUT2D eigenvalue weighted by atomic mass is 10.3. The third-order valence-electron chi connectivity index (χ3n) is 2.53. The minimum atomic E-state index is 0.728. The monoisotopic (exact) mass is 323 g/mol. The summed E-state index contributed by atoms with van der Waals surface area (Å²) in [6, 6.07) is 5.86. The van der Waals surface area contributed by atoms with Gasteiger partial charge >= 0.3 is 0 Å². The number of halogens is 1. The first-order valence-corrected chi connectivity index (χ1v) is 6.54. The van der Waals surface area contributed by atoms with Crippen LogP contribution in [0.15, 0.2) is 44.9 Å². The van der Waals surface area contributed by atoms with Crippen LogP contribution in [0, 0.1) is 0 Å². The van der Waals surface area contributed by atoms with Gasteiger partial charge in [0.15, 0.2) is 0 Å². The second kappa shape index (κ2) is 7.09. The molecule has 0 amide bonds. The molecule has 0 aliphatic rings. The average molecular weight is 324 g/mol. The molecule has 0 aliphatic heterocycles. The number of methoxy groups -OCH3 is 1. The summed E-state index contributed by atoms with van der Waals surface area (Å²) in [4.78, 5) is 10.2. The highest BCUT2D eigenvalue weighted by Crippen LogP contribution is 2.29. The van der Waals surface area contributed by atoms with Crippen molar-refractivity contribution < 1.29 is 4.74 Å². The summed E-state index contributed by atoms with van der Waals surface area (Å²) in [5.41, 5.74) is 1.74. The molecule has 102 valence electrons. The molecule has 0 saturated carbocycles. The lowest BCUT2D eigenvalue weighted by molar-refractivity contribution is 0.412. The Labute approximate surface area is 122 Å². The van der Waals surface area contributed by atoms with E-state index in [-0.39, 0.29) is 0 Å². The third-order valence-corrected chi connectivity index (χ3v) is 3.15. The van der Waals surface area contributed by atoms with Crippen LogP contribution >= 0.6 is 15.9 Å². The highest BCUT2D eigenvalue weighted by Gasteiger charge is 2.07. The zero-order chi connectivity index (χ0) is 14.4. The molecule has 0 aliphatic carbocycles. The van der Waals surface area contributed by atoms with Gasteiger partial charge in [-0.15, -0.1) is 0 Å². The van der Waals surface area contributed by atoms with Crippen molar-refractivity contribution in [1.29, 1.82) is 0 Å². The second-order valence-corrected chi connectivity index (χ2v) is 4.89. The molecule has 0 heterocycles. The van der Waals surface area contributed by atoms with Crippen molar-refractivity contribution in [3.05, 3.63) is 34.9 Å². The Morgan fingerprint density at radius 1 is 1.42 bits per heavy atom. The summed E-state index contributed by atoms with van der Waals surface area (Å²) < 4.78 is 6.11. The van der Waals surface area contributed by atoms with Gasteiger partial charge in [-0.25, -0.2) is 9.98 Å². The van der Waals surface area contributed by atoms with Crippen LogP contribution in [-0.4, -0.2) is 26.3 Å². The Balaban J connectivity index is 2.90. The maximum absolute atomic E-state index is 5.20. The van der Waals surface area contributed by atoms with Crippen LogP contribution in [0.5, 0.6) is 5.75 Å². The molecule has 19 heavy (non-hydrogen) atoms. The number of benzene rings is 1. The number of allylic oxidation sites excluding steroid dienone is 1. The van der Waals surface area contributed by atoms with E-state index < -0.39 is 0 Å². The van der Waals surface area contributed by atoms with E-state index >= 15 is 0 Å². The molecule has 1 rings (SSSR count). The van der Waals surface area contributed by atoms with Gasteiger partial charge in [0.05, 0.1) is 11.6 Å². The zero-order valence-corrected chi connectivity index (χ0v) is 13.2. The van der Waals surface area contributed by atoms with Gasteiger partial charge in [0.25, 0.3) is 0 Å². The van der Waals surface area contributed by atoms with Gasteiger partial charge in [-0.3, -0.25) is 0 Å². The minimum absolute atomic E-state index is 0.728. The van der Waals surface area contributed by atoms with Gasteiger partial charge < -0.3 is 9.64 Å².